The first-order valence-electron chi connectivity index (χ1n) is 8.02. The molecule has 3 heteroatoms. The van der Waals surface area contributed by atoms with E-state index in [4.69, 9.17) is 4.42 Å². The van der Waals surface area contributed by atoms with Crippen LogP contribution in [0.1, 0.15) is 44.5 Å². The predicted octanol–water partition coefficient (Wildman–Crippen LogP) is 3.98. The maximum absolute atomic E-state index is 10.5. The topological polar surface area (TPSA) is 36.6 Å². The fraction of sp³-hybridized carbons (Fsp3) is 0.556. The van der Waals surface area contributed by atoms with E-state index in [1.54, 1.807) is 0 Å². The van der Waals surface area contributed by atoms with E-state index in [1.807, 2.05) is 30.3 Å². The van der Waals surface area contributed by atoms with Gasteiger partial charge in [-0.15, -0.1) is 0 Å². The molecule has 2 aromatic rings. The van der Waals surface area contributed by atoms with Crippen molar-refractivity contribution in [1.82, 2.24) is 4.90 Å². The first-order chi connectivity index (χ1) is 10.1. The minimum absolute atomic E-state index is 0.559. The molecule has 3 rings (SSSR count). The van der Waals surface area contributed by atoms with Gasteiger partial charge in [-0.25, -0.2) is 0 Å². The largest absolute Gasteiger partial charge is 0.458 e. The fourth-order valence-corrected chi connectivity index (χ4v) is 3.62. The van der Waals surface area contributed by atoms with Crippen molar-refractivity contribution in [3.63, 3.8) is 0 Å². The number of hydrogen-bond donors (Lipinski definition) is 1. The van der Waals surface area contributed by atoms with Gasteiger partial charge in [0.05, 0.1) is 0 Å². The smallest absolute Gasteiger partial charge is 0.135 e. The van der Waals surface area contributed by atoms with Crippen molar-refractivity contribution >= 4 is 11.0 Å². The summed E-state index contributed by atoms with van der Waals surface area (Å²) in [5.74, 6) is 1.39. The number of aliphatic hydroxyl groups is 1. The molecule has 3 atom stereocenters. The minimum atomic E-state index is -0.559. The van der Waals surface area contributed by atoms with Gasteiger partial charge in [0, 0.05) is 18.0 Å². The third-order valence-electron chi connectivity index (χ3n) is 4.87. The molecule has 0 radical (unpaired) electrons. The lowest BCUT2D eigenvalue weighted by molar-refractivity contribution is 0.0607. The Labute approximate surface area is 126 Å². The van der Waals surface area contributed by atoms with E-state index in [1.165, 1.54) is 25.7 Å². The number of nitrogens with zero attached hydrogens (tertiary/aromatic N) is 1. The van der Waals surface area contributed by atoms with Gasteiger partial charge in [-0.3, -0.25) is 0 Å². The number of likely N-dealkylation sites (N-methyl/N-ethyl adjacent to an activating group) is 1. The summed E-state index contributed by atoms with van der Waals surface area (Å²) >= 11 is 0. The van der Waals surface area contributed by atoms with Gasteiger partial charge in [0.1, 0.15) is 17.4 Å². The number of aliphatic hydroxyl groups excluding tert-OH is 1. The molecule has 1 N–H and O–H groups in total. The van der Waals surface area contributed by atoms with E-state index in [0.29, 0.717) is 24.3 Å². The molecule has 1 saturated carbocycles. The monoisotopic (exact) mass is 287 g/mol. The van der Waals surface area contributed by atoms with Crippen LogP contribution in [0.2, 0.25) is 0 Å². The second-order valence-corrected chi connectivity index (χ2v) is 6.47. The normalized spacial score (nSPS) is 24.6. The van der Waals surface area contributed by atoms with Gasteiger partial charge in [0.2, 0.25) is 0 Å². The number of fused-ring (bicyclic) bond motifs is 1. The third kappa shape index (κ3) is 3.14. The van der Waals surface area contributed by atoms with E-state index in [-0.39, 0.29) is 0 Å². The summed E-state index contributed by atoms with van der Waals surface area (Å²) in [6.07, 6.45) is 4.63. The van der Waals surface area contributed by atoms with E-state index < -0.39 is 6.10 Å². The highest BCUT2D eigenvalue weighted by Gasteiger charge is 2.27. The molecule has 0 bridgehead atoms. The van der Waals surface area contributed by atoms with E-state index in [2.05, 4.69) is 18.9 Å². The molecule has 3 unspecified atom stereocenters. The van der Waals surface area contributed by atoms with Gasteiger partial charge < -0.3 is 14.4 Å². The highest BCUT2D eigenvalue weighted by Crippen LogP contribution is 2.29. The van der Waals surface area contributed by atoms with Gasteiger partial charge in [-0.05, 0) is 37.9 Å². The Morgan fingerprint density at radius 1 is 1.29 bits per heavy atom. The number of rotatable bonds is 4. The standard InChI is InChI=1S/C18H25NO2/c1-13-7-3-5-9-15(13)19(2)12-16(20)18-11-14-8-4-6-10-17(14)21-18/h4,6,8,10-11,13,15-16,20H,3,5,7,9,12H2,1-2H3. The van der Waals surface area contributed by atoms with E-state index in [0.717, 1.165) is 11.0 Å². The van der Waals surface area contributed by atoms with Crippen LogP contribution in [0.4, 0.5) is 0 Å². The molecule has 1 heterocycles. The van der Waals surface area contributed by atoms with Crippen molar-refractivity contribution in [3.05, 3.63) is 36.1 Å². The van der Waals surface area contributed by atoms with Crippen molar-refractivity contribution in [3.8, 4) is 0 Å². The lowest BCUT2D eigenvalue weighted by atomic mass is 9.85. The first kappa shape index (κ1) is 14.6. The van der Waals surface area contributed by atoms with Crippen LogP contribution in [-0.2, 0) is 0 Å². The highest BCUT2D eigenvalue weighted by molar-refractivity contribution is 5.77. The van der Waals surface area contributed by atoms with Crippen LogP contribution in [-0.4, -0.2) is 29.6 Å². The maximum atomic E-state index is 10.5. The molecule has 1 aromatic heterocycles. The lowest BCUT2D eigenvalue weighted by Crippen LogP contribution is -2.40. The molecule has 0 spiro atoms. The SMILES string of the molecule is CC1CCCCC1N(C)CC(O)c1cc2ccccc2o1. The molecule has 0 saturated heterocycles. The Balaban J connectivity index is 1.68. The summed E-state index contributed by atoms with van der Waals surface area (Å²) in [5, 5.41) is 11.5. The van der Waals surface area contributed by atoms with Crippen LogP contribution in [0.15, 0.2) is 34.7 Å². The number of benzene rings is 1. The molecule has 1 fully saturated rings. The molecule has 1 aliphatic carbocycles. The second-order valence-electron chi connectivity index (χ2n) is 6.47. The molecule has 21 heavy (non-hydrogen) atoms. The number of furan rings is 1. The van der Waals surface area contributed by atoms with Crippen molar-refractivity contribution in [2.24, 2.45) is 5.92 Å². The molecule has 1 aliphatic rings. The van der Waals surface area contributed by atoms with Gasteiger partial charge in [0.25, 0.3) is 0 Å². The summed E-state index contributed by atoms with van der Waals surface area (Å²) in [6.45, 7) is 2.96. The van der Waals surface area contributed by atoms with Crippen molar-refractivity contribution in [2.75, 3.05) is 13.6 Å². The summed E-state index contributed by atoms with van der Waals surface area (Å²) in [4.78, 5) is 2.31. The van der Waals surface area contributed by atoms with Crippen LogP contribution in [0, 0.1) is 5.92 Å². The van der Waals surface area contributed by atoms with Crippen LogP contribution in [0.3, 0.4) is 0 Å². The van der Waals surface area contributed by atoms with E-state index >= 15 is 0 Å². The predicted molar refractivity (Wildman–Crippen MR) is 85.2 cm³/mol. The average molecular weight is 287 g/mol. The molecule has 0 amide bonds. The van der Waals surface area contributed by atoms with Crippen LogP contribution in [0.25, 0.3) is 11.0 Å². The molecular formula is C18H25NO2. The van der Waals surface area contributed by atoms with E-state index in [9.17, 15) is 5.11 Å². The summed E-state index contributed by atoms with van der Waals surface area (Å²) in [6, 6.07) is 10.4. The zero-order chi connectivity index (χ0) is 14.8. The quantitative estimate of drug-likeness (QED) is 0.924. The van der Waals surface area contributed by atoms with Crippen molar-refractivity contribution < 1.29 is 9.52 Å². The Hall–Kier alpha value is -1.32. The number of hydrogen-bond acceptors (Lipinski definition) is 3. The molecular weight excluding hydrogens is 262 g/mol. The van der Waals surface area contributed by atoms with Gasteiger partial charge in [0.15, 0.2) is 0 Å². The van der Waals surface area contributed by atoms with Gasteiger partial charge >= 0.3 is 0 Å². The molecule has 0 aliphatic heterocycles. The minimum Gasteiger partial charge on any atom is -0.458 e. The summed E-state index contributed by atoms with van der Waals surface area (Å²) < 4.78 is 5.77. The van der Waals surface area contributed by atoms with Crippen LogP contribution >= 0.6 is 0 Å². The Morgan fingerprint density at radius 3 is 2.81 bits per heavy atom. The Kier molecular flexibility index (Phi) is 4.32. The Morgan fingerprint density at radius 2 is 2.05 bits per heavy atom. The first-order valence-corrected chi connectivity index (χ1v) is 8.02. The van der Waals surface area contributed by atoms with Crippen molar-refractivity contribution in [2.45, 2.75) is 44.8 Å². The summed E-state index contributed by atoms with van der Waals surface area (Å²) in [7, 11) is 2.12. The van der Waals surface area contributed by atoms with Gasteiger partial charge in [-0.2, -0.15) is 0 Å². The zero-order valence-corrected chi connectivity index (χ0v) is 13.0. The zero-order valence-electron chi connectivity index (χ0n) is 13.0. The van der Waals surface area contributed by atoms with Gasteiger partial charge in [-0.1, -0.05) is 38.0 Å². The van der Waals surface area contributed by atoms with Crippen molar-refractivity contribution in [1.29, 1.82) is 0 Å². The third-order valence-corrected chi connectivity index (χ3v) is 4.87. The molecule has 1 aromatic carbocycles. The van der Waals surface area contributed by atoms with Crippen LogP contribution in [0.5, 0.6) is 0 Å². The second kappa shape index (κ2) is 6.20. The number of para-hydroxylation sites is 1. The average Bonchev–Trinajstić information content (AvgIpc) is 2.91. The Bertz CT molecular complexity index is 559. The molecule has 114 valence electrons. The fourth-order valence-electron chi connectivity index (χ4n) is 3.62. The lowest BCUT2D eigenvalue weighted by Gasteiger charge is -2.36. The summed E-state index contributed by atoms with van der Waals surface area (Å²) in [5.41, 5.74) is 0.847. The highest BCUT2D eigenvalue weighted by atomic mass is 16.4. The molecule has 3 nitrogen and oxygen atoms in total. The maximum Gasteiger partial charge on any atom is 0.135 e. The van der Waals surface area contributed by atoms with Crippen LogP contribution < -0.4 is 0 Å².